The van der Waals surface area contributed by atoms with E-state index >= 15 is 0 Å². The zero-order chi connectivity index (χ0) is 15.4. The number of halogens is 1. The number of imide groups is 1. The Morgan fingerprint density at radius 1 is 1.18 bits per heavy atom. The summed E-state index contributed by atoms with van der Waals surface area (Å²) in [5, 5.41) is 3.84. The fraction of sp³-hybridized carbons (Fsp3) is 0.412. The zero-order valence-electron chi connectivity index (χ0n) is 12.3. The summed E-state index contributed by atoms with van der Waals surface area (Å²) in [5.74, 6) is 0.182. The van der Waals surface area contributed by atoms with E-state index in [1.807, 2.05) is 25.1 Å². The van der Waals surface area contributed by atoms with E-state index in [9.17, 15) is 9.59 Å². The standard InChI is InChI=1S/C17H17ClN2O2/c1-9-12(18)3-2-4-13(9)19-8-20-16(21)14-10-5-6-11(7-10)15(14)17(20)22/h2-6,10-11,14-15,19H,7-8H2,1H3/t10-,11+,14+,15-. The Labute approximate surface area is 134 Å². The summed E-state index contributed by atoms with van der Waals surface area (Å²) in [6.07, 6.45) is 5.17. The first kappa shape index (κ1) is 13.8. The molecular weight excluding hydrogens is 300 g/mol. The normalized spacial score (nSPS) is 32.0. The number of benzene rings is 1. The van der Waals surface area contributed by atoms with Gasteiger partial charge in [0, 0.05) is 10.7 Å². The van der Waals surface area contributed by atoms with Crippen LogP contribution in [0.3, 0.4) is 0 Å². The van der Waals surface area contributed by atoms with Gasteiger partial charge in [-0.3, -0.25) is 14.5 Å². The quantitative estimate of drug-likeness (QED) is 0.689. The molecule has 1 saturated carbocycles. The Bertz CT molecular complexity index is 670. The average Bonchev–Trinajstić information content (AvgIpc) is 3.17. The number of carbonyl (C=O) groups is 2. The van der Waals surface area contributed by atoms with E-state index < -0.39 is 0 Å². The molecule has 3 aliphatic rings. The van der Waals surface area contributed by atoms with Gasteiger partial charge in [0.15, 0.2) is 0 Å². The number of nitrogens with one attached hydrogen (secondary N) is 1. The van der Waals surface area contributed by atoms with Crippen LogP contribution in [0.5, 0.6) is 0 Å². The number of fused-ring (bicyclic) bond motifs is 5. The van der Waals surface area contributed by atoms with Crippen molar-refractivity contribution in [3.05, 3.63) is 40.9 Å². The highest BCUT2D eigenvalue weighted by Gasteiger charge is 2.59. The third kappa shape index (κ3) is 1.83. The van der Waals surface area contributed by atoms with Crippen LogP contribution in [0.15, 0.2) is 30.4 Å². The lowest BCUT2D eigenvalue weighted by atomic mass is 9.85. The summed E-state index contributed by atoms with van der Waals surface area (Å²) >= 11 is 6.10. The lowest BCUT2D eigenvalue weighted by molar-refractivity contribution is -0.140. The maximum absolute atomic E-state index is 12.6. The van der Waals surface area contributed by atoms with Crippen LogP contribution in [0.25, 0.3) is 0 Å². The molecule has 4 nitrogen and oxygen atoms in total. The first-order valence-corrected chi connectivity index (χ1v) is 7.98. The number of carbonyl (C=O) groups excluding carboxylic acids is 2. The molecule has 2 fully saturated rings. The molecule has 0 aromatic heterocycles. The molecule has 1 saturated heterocycles. The molecule has 0 radical (unpaired) electrons. The molecule has 1 N–H and O–H groups in total. The van der Waals surface area contributed by atoms with Crippen LogP contribution in [-0.4, -0.2) is 23.4 Å². The average molecular weight is 317 g/mol. The fourth-order valence-corrected chi connectivity index (χ4v) is 4.26. The smallest absolute Gasteiger partial charge is 0.235 e. The van der Waals surface area contributed by atoms with Gasteiger partial charge in [0.2, 0.25) is 11.8 Å². The molecule has 2 amide bonds. The maximum Gasteiger partial charge on any atom is 0.235 e. The SMILES string of the molecule is Cc1c(Cl)cccc1NCN1C(=O)[C@@H]2[C@H](C1=O)[C@H]1C=C[C@@H]2C1. The van der Waals surface area contributed by atoms with Crippen molar-refractivity contribution in [3.8, 4) is 0 Å². The second-order valence-electron chi connectivity index (χ2n) is 6.35. The lowest BCUT2D eigenvalue weighted by Crippen LogP contribution is -2.37. The van der Waals surface area contributed by atoms with E-state index in [1.165, 1.54) is 4.90 Å². The van der Waals surface area contributed by atoms with Gasteiger partial charge in [-0.2, -0.15) is 0 Å². The van der Waals surface area contributed by atoms with Crippen molar-refractivity contribution in [2.45, 2.75) is 13.3 Å². The van der Waals surface area contributed by atoms with Gasteiger partial charge in [-0.05, 0) is 42.9 Å². The Kier molecular flexibility index (Phi) is 3.05. The Morgan fingerprint density at radius 3 is 2.45 bits per heavy atom. The van der Waals surface area contributed by atoms with Crippen LogP contribution in [-0.2, 0) is 9.59 Å². The number of likely N-dealkylation sites (tertiary alicyclic amines) is 1. The molecule has 2 bridgehead atoms. The molecule has 4 atom stereocenters. The van der Waals surface area contributed by atoms with Crippen molar-refractivity contribution in [1.29, 1.82) is 0 Å². The first-order valence-electron chi connectivity index (χ1n) is 7.60. The molecule has 0 unspecified atom stereocenters. The zero-order valence-corrected chi connectivity index (χ0v) is 13.0. The second kappa shape index (κ2) is 4.85. The number of anilines is 1. The fourth-order valence-electron chi connectivity index (χ4n) is 4.08. The van der Waals surface area contributed by atoms with E-state index in [2.05, 4.69) is 17.5 Å². The summed E-state index contributed by atoms with van der Waals surface area (Å²) < 4.78 is 0. The molecule has 1 heterocycles. The topological polar surface area (TPSA) is 49.4 Å². The summed E-state index contributed by atoms with van der Waals surface area (Å²) in [6.45, 7) is 2.13. The molecule has 1 aromatic rings. The summed E-state index contributed by atoms with van der Waals surface area (Å²) in [4.78, 5) is 26.5. The number of rotatable bonds is 3. The summed E-state index contributed by atoms with van der Waals surface area (Å²) in [6, 6.07) is 5.57. The number of allylic oxidation sites excluding steroid dienone is 2. The van der Waals surface area contributed by atoms with Gasteiger partial charge in [-0.25, -0.2) is 0 Å². The Hall–Kier alpha value is -1.81. The van der Waals surface area contributed by atoms with Crippen LogP contribution in [0.1, 0.15) is 12.0 Å². The minimum atomic E-state index is -0.134. The molecule has 1 aromatic carbocycles. The third-order valence-corrected chi connectivity index (χ3v) is 5.67. The van der Waals surface area contributed by atoms with Gasteiger partial charge < -0.3 is 5.32 Å². The van der Waals surface area contributed by atoms with E-state index in [0.29, 0.717) is 5.02 Å². The lowest BCUT2D eigenvalue weighted by Gasteiger charge is -2.19. The molecule has 1 aliphatic heterocycles. The third-order valence-electron chi connectivity index (χ3n) is 5.26. The van der Waals surface area contributed by atoms with Crippen molar-refractivity contribution in [2.24, 2.45) is 23.7 Å². The van der Waals surface area contributed by atoms with Crippen LogP contribution in [0, 0.1) is 30.6 Å². The van der Waals surface area contributed by atoms with E-state index in [0.717, 1.165) is 17.7 Å². The van der Waals surface area contributed by atoms with E-state index in [1.54, 1.807) is 0 Å². The van der Waals surface area contributed by atoms with Crippen LogP contribution in [0.4, 0.5) is 5.69 Å². The van der Waals surface area contributed by atoms with Crippen LogP contribution >= 0.6 is 11.6 Å². The second-order valence-corrected chi connectivity index (χ2v) is 6.76. The van der Waals surface area contributed by atoms with Gasteiger partial charge in [-0.15, -0.1) is 0 Å². The molecule has 0 spiro atoms. The number of amides is 2. The van der Waals surface area contributed by atoms with Crippen molar-refractivity contribution in [3.63, 3.8) is 0 Å². The van der Waals surface area contributed by atoms with Gasteiger partial charge in [0.1, 0.15) is 0 Å². The maximum atomic E-state index is 12.6. The molecular formula is C17H17ClN2O2. The van der Waals surface area contributed by atoms with Crippen LogP contribution < -0.4 is 5.32 Å². The predicted octanol–water partition coefficient (Wildman–Crippen LogP) is 2.82. The molecule has 2 aliphatic carbocycles. The van der Waals surface area contributed by atoms with Crippen molar-refractivity contribution < 1.29 is 9.59 Å². The minimum Gasteiger partial charge on any atom is -0.367 e. The monoisotopic (exact) mass is 316 g/mol. The summed E-state index contributed by atoms with van der Waals surface area (Å²) in [7, 11) is 0. The van der Waals surface area contributed by atoms with E-state index in [-0.39, 0.29) is 42.2 Å². The van der Waals surface area contributed by atoms with Crippen molar-refractivity contribution >= 4 is 29.1 Å². The Balaban J connectivity index is 1.52. The van der Waals surface area contributed by atoms with Gasteiger partial charge in [0.05, 0.1) is 18.5 Å². The molecule has 4 rings (SSSR count). The Morgan fingerprint density at radius 2 is 1.82 bits per heavy atom. The molecule has 114 valence electrons. The summed E-state index contributed by atoms with van der Waals surface area (Å²) in [5.41, 5.74) is 1.77. The predicted molar refractivity (Wildman–Crippen MR) is 84.2 cm³/mol. The number of hydrogen-bond donors (Lipinski definition) is 1. The van der Waals surface area contributed by atoms with Gasteiger partial charge in [0.25, 0.3) is 0 Å². The van der Waals surface area contributed by atoms with E-state index in [4.69, 9.17) is 11.6 Å². The van der Waals surface area contributed by atoms with Crippen molar-refractivity contribution in [2.75, 3.05) is 12.0 Å². The molecule has 22 heavy (non-hydrogen) atoms. The highest BCUT2D eigenvalue weighted by atomic mass is 35.5. The number of hydrogen-bond acceptors (Lipinski definition) is 3. The highest BCUT2D eigenvalue weighted by Crippen LogP contribution is 2.52. The largest absolute Gasteiger partial charge is 0.367 e. The molecule has 5 heteroatoms. The van der Waals surface area contributed by atoms with Crippen LogP contribution in [0.2, 0.25) is 5.02 Å². The van der Waals surface area contributed by atoms with Crippen molar-refractivity contribution in [1.82, 2.24) is 4.90 Å². The minimum absolute atomic E-state index is 0.0287. The highest BCUT2D eigenvalue weighted by molar-refractivity contribution is 6.31. The number of nitrogens with zero attached hydrogens (tertiary/aromatic N) is 1. The van der Waals surface area contributed by atoms with Gasteiger partial charge in [-0.1, -0.05) is 29.8 Å². The first-order chi connectivity index (χ1) is 10.6. The van der Waals surface area contributed by atoms with Gasteiger partial charge >= 0.3 is 0 Å².